The van der Waals surface area contributed by atoms with E-state index in [0.29, 0.717) is 6.04 Å². The molecule has 1 unspecified atom stereocenters. The summed E-state index contributed by atoms with van der Waals surface area (Å²) in [6.45, 7) is 7.64. The van der Waals surface area contributed by atoms with Crippen LogP contribution in [-0.4, -0.2) is 17.6 Å². The summed E-state index contributed by atoms with van der Waals surface area (Å²) in [7, 11) is 0. The normalized spacial score (nSPS) is 21.8. The zero-order chi connectivity index (χ0) is 12.3. The van der Waals surface area contributed by atoms with E-state index in [4.69, 9.17) is 0 Å². The van der Waals surface area contributed by atoms with E-state index in [2.05, 4.69) is 37.1 Å². The number of rotatable bonds is 3. The summed E-state index contributed by atoms with van der Waals surface area (Å²) in [6.07, 6.45) is 7.45. The average molecular weight is 250 g/mol. The fourth-order valence-corrected chi connectivity index (χ4v) is 3.27. The van der Waals surface area contributed by atoms with Gasteiger partial charge < -0.3 is 5.32 Å². The summed E-state index contributed by atoms with van der Waals surface area (Å²) in [5, 5.41) is 4.75. The SMILES string of the molecule is CC(=Cc1nc(C)c(C)s1)CC1CCCCN1. The smallest absolute Gasteiger partial charge is 0.116 e. The topological polar surface area (TPSA) is 24.9 Å². The molecule has 3 heteroatoms. The number of nitrogens with zero attached hydrogens (tertiary/aromatic N) is 1. The zero-order valence-corrected chi connectivity index (χ0v) is 11.9. The van der Waals surface area contributed by atoms with Crippen molar-refractivity contribution in [1.82, 2.24) is 10.3 Å². The molecule has 1 aromatic heterocycles. The average Bonchev–Trinajstić information content (AvgIpc) is 2.59. The van der Waals surface area contributed by atoms with Crippen molar-refractivity contribution < 1.29 is 0 Å². The van der Waals surface area contributed by atoms with Crippen LogP contribution in [0.2, 0.25) is 0 Å². The largest absolute Gasteiger partial charge is 0.314 e. The standard InChI is InChI=1S/C14H22N2S/c1-10(8-13-6-4-5-7-15-13)9-14-16-11(2)12(3)17-14/h9,13,15H,4-8H2,1-3H3. The van der Waals surface area contributed by atoms with Crippen LogP contribution in [0.5, 0.6) is 0 Å². The highest BCUT2D eigenvalue weighted by molar-refractivity contribution is 7.12. The predicted molar refractivity (Wildman–Crippen MR) is 75.5 cm³/mol. The molecule has 1 N–H and O–H groups in total. The van der Waals surface area contributed by atoms with E-state index in [1.807, 2.05) is 0 Å². The second-order valence-electron chi connectivity index (χ2n) is 5.04. The van der Waals surface area contributed by atoms with Crippen molar-refractivity contribution in [3.8, 4) is 0 Å². The molecule has 1 aliphatic heterocycles. The number of nitrogens with one attached hydrogen (secondary N) is 1. The van der Waals surface area contributed by atoms with Gasteiger partial charge in [-0.25, -0.2) is 4.98 Å². The lowest BCUT2D eigenvalue weighted by molar-refractivity contribution is 0.399. The van der Waals surface area contributed by atoms with E-state index >= 15 is 0 Å². The van der Waals surface area contributed by atoms with Gasteiger partial charge in [0.2, 0.25) is 0 Å². The highest BCUT2D eigenvalue weighted by Crippen LogP contribution is 2.21. The van der Waals surface area contributed by atoms with Gasteiger partial charge in [-0.1, -0.05) is 12.0 Å². The van der Waals surface area contributed by atoms with Crippen LogP contribution in [-0.2, 0) is 0 Å². The Balaban J connectivity index is 1.96. The van der Waals surface area contributed by atoms with Crippen LogP contribution in [0.4, 0.5) is 0 Å². The maximum absolute atomic E-state index is 4.57. The van der Waals surface area contributed by atoms with E-state index in [0.717, 1.165) is 11.4 Å². The molecule has 0 bridgehead atoms. The van der Waals surface area contributed by atoms with Gasteiger partial charge in [-0.05, 0) is 52.7 Å². The minimum Gasteiger partial charge on any atom is -0.314 e. The Morgan fingerprint density at radius 1 is 1.47 bits per heavy atom. The molecule has 17 heavy (non-hydrogen) atoms. The summed E-state index contributed by atoms with van der Waals surface area (Å²) in [6, 6.07) is 0.683. The quantitative estimate of drug-likeness (QED) is 0.885. The third kappa shape index (κ3) is 3.65. The van der Waals surface area contributed by atoms with Crippen molar-refractivity contribution in [1.29, 1.82) is 0 Å². The molecular formula is C14H22N2S. The van der Waals surface area contributed by atoms with Crippen LogP contribution < -0.4 is 5.32 Å². The van der Waals surface area contributed by atoms with Crippen molar-refractivity contribution in [3.63, 3.8) is 0 Å². The fourth-order valence-electron chi connectivity index (χ4n) is 2.32. The molecule has 0 aromatic carbocycles. The summed E-state index contributed by atoms with van der Waals surface area (Å²) >= 11 is 1.80. The van der Waals surface area contributed by atoms with E-state index < -0.39 is 0 Å². The number of piperidine rings is 1. The molecule has 1 atom stereocenters. The van der Waals surface area contributed by atoms with Crippen LogP contribution in [0.15, 0.2) is 5.57 Å². The summed E-state index contributed by atoms with van der Waals surface area (Å²) in [4.78, 5) is 5.90. The van der Waals surface area contributed by atoms with Gasteiger partial charge in [-0.15, -0.1) is 11.3 Å². The molecule has 2 rings (SSSR count). The van der Waals surface area contributed by atoms with E-state index in [9.17, 15) is 0 Å². The Bertz CT molecular complexity index is 381. The number of aromatic nitrogens is 1. The molecule has 1 fully saturated rings. The molecule has 0 amide bonds. The van der Waals surface area contributed by atoms with E-state index in [1.165, 1.54) is 42.0 Å². The van der Waals surface area contributed by atoms with Crippen LogP contribution in [0.1, 0.15) is 48.2 Å². The van der Waals surface area contributed by atoms with Gasteiger partial charge in [0.05, 0.1) is 5.69 Å². The molecule has 1 saturated heterocycles. The first-order chi connectivity index (χ1) is 8.15. The minimum absolute atomic E-state index is 0.683. The second-order valence-corrected chi connectivity index (χ2v) is 6.27. The van der Waals surface area contributed by atoms with Gasteiger partial charge in [0.25, 0.3) is 0 Å². The van der Waals surface area contributed by atoms with Crippen molar-refractivity contribution in [2.45, 2.75) is 52.5 Å². The molecule has 0 aliphatic carbocycles. The molecule has 2 nitrogen and oxygen atoms in total. The lowest BCUT2D eigenvalue weighted by atomic mass is 9.98. The summed E-state index contributed by atoms with van der Waals surface area (Å²) in [5.41, 5.74) is 2.61. The highest BCUT2D eigenvalue weighted by Gasteiger charge is 2.12. The highest BCUT2D eigenvalue weighted by atomic mass is 32.1. The molecule has 1 aliphatic rings. The van der Waals surface area contributed by atoms with Crippen molar-refractivity contribution >= 4 is 17.4 Å². The molecule has 2 heterocycles. The van der Waals surface area contributed by atoms with Crippen molar-refractivity contribution in [3.05, 3.63) is 21.2 Å². The van der Waals surface area contributed by atoms with E-state index in [1.54, 1.807) is 11.3 Å². The van der Waals surface area contributed by atoms with Gasteiger partial charge in [-0.3, -0.25) is 0 Å². The Labute approximate surface area is 108 Å². The predicted octanol–water partition coefficient (Wildman–Crippen LogP) is 3.70. The van der Waals surface area contributed by atoms with Crippen LogP contribution in [0.3, 0.4) is 0 Å². The monoisotopic (exact) mass is 250 g/mol. The molecule has 0 radical (unpaired) electrons. The fraction of sp³-hybridized carbons (Fsp3) is 0.643. The minimum atomic E-state index is 0.683. The Hall–Kier alpha value is -0.670. The van der Waals surface area contributed by atoms with Gasteiger partial charge in [0.1, 0.15) is 5.01 Å². The van der Waals surface area contributed by atoms with Crippen molar-refractivity contribution in [2.24, 2.45) is 0 Å². The van der Waals surface area contributed by atoms with Crippen LogP contribution >= 0.6 is 11.3 Å². The number of hydrogen-bond donors (Lipinski definition) is 1. The van der Waals surface area contributed by atoms with Crippen molar-refractivity contribution in [2.75, 3.05) is 6.54 Å². The Kier molecular flexibility index (Phi) is 4.35. The van der Waals surface area contributed by atoms with Gasteiger partial charge in [0.15, 0.2) is 0 Å². The number of thiazole rings is 1. The molecular weight excluding hydrogens is 228 g/mol. The molecule has 0 saturated carbocycles. The first kappa shape index (κ1) is 12.8. The van der Waals surface area contributed by atoms with Gasteiger partial charge in [-0.2, -0.15) is 0 Å². The second kappa shape index (κ2) is 5.78. The summed E-state index contributed by atoms with van der Waals surface area (Å²) < 4.78 is 0. The lowest BCUT2D eigenvalue weighted by Gasteiger charge is -2.23. The molecule has 94 valence electrons. The maximum atomic E-state index is 4.57. The Morgan fingerprint density at radius 2 is 2.29 bits per heavy atom. The molecule has 0 spiro atoms. The van der Waals surface area contributed by atoms with Gasteiger partial charge >= 0.3 is 0 Å². The maximum Gasteiger partial charge on any atom is 0.116 e. The van der Waals surface area contributed by atoms with Crippen LogP contribution in [0, 0.1) is 13.8 Å². The third-order valence-electron chi connectivity index (χ3n) is 3.40. The first-order valence-corrected chi connectivity index (χ1v) is 7.31. The van der Waals surface area contributed by atoms with Crippen LogP contribution in [0.25, 0.3) is 6.08 Å². The lowest BCUT2D eigenvalue weighted by Crippen LogP contribution is -2.33. The zero-order valence-electron chi connectivity index (χ0n) is 11.0. The molecule has 1 aromatic rings. The number of hydrogen-bond acceptors (Lipinski definition) is 3. The third-order valence-corrected chi connectivity index (χ3v) is 4.42. The van der Waals surface area contributed by atoms with E-state index in [-0.39, 0.29) is 0 Å². The first-order valence-electron chi connectivity index (χ1n) is 6.50. The number of aryl methyl sites for hydroxylation is 2. The summed E-state index contributed by atoms with van der Waals surface area (Å²) in [5.74, 6) is 0. The Morgan fingerprint density at radius 3 is 2.88 bits per heavy atom. The van der Waals surface area contributed by atoms with Gasteiger partial charge in [0, 0.05) is 10.9 Å².